The summed E-state index contributed by atoms with van der Waals surface area (Å²) in [6.07, 6.45) is 2.30. The molecule has 1 N–H and O–H groups in total. The van der Waals surface area contributed by atoms with Gasteiger partial charge in [-0.05, 0) is 26.8 Å². The topological polar surface area (TPSA) is 37.4 Å². The summed E-state index contributed by atoms with van der Waals surface area (Å²) in [6, 6.07) is 0.647. The normalized spacial score (nSPS) is 17.5. The van der Waals surface area contributed by atoms with Crippen LogP contribution in [0.4, 0.5) is 0 Å². The quantitative estimate of drug-likeness (QED) is 0.852. The average Bonchev–Trinajstić information content (AvgIpc) is 2.76. The molecule has 1 saturated heterocycles. The van der Waals surface area contributed by atoms with Crippen molar-refractivity contribution in [2.24, 2.45) is 0 Å². The van der Waals surface area contributed by atoms with Crippen molar-refractivity contribution in [2.45, 2.75) is 32.4 Å². The molecule has 0 radical (unpaired) electrons. The molecule has 2 rings (SSSR count). The van der Waals surface area contributed by atoms with Gasteiger partial charge in [-0.2, -0.15) is 0 Å². The highest BCUT2D eigenvalue weighted by Gasteiger charge is 2.12. The Morgan fingerprint density at radius 2 is 2.28 bits per heavy atom. The Morgan fingerprint density at radius 1 is 1.50 bits per heavy atom. The maximum absolute atomic E-state index is 5.35. The van der Waals surface area contributed by atoms with Gasteiger partial charge in [-0.1, -0.05) is 0 Å². The lowest BCUT2D eigenvalue weighted by molar-refractivity contribution is 0.0774. The first-order chi connectivity index (χ1) is 8.74. The van der Waals surface area contributed by atoms with E-state index in [1.165, 1.54) is 5.69 Å². The van der Waals surface area contributed by atoms with Gasteiger partial charge in [0.15, 0.2) is 0 Å². The van der Waals surface area contributed by atoms with Crippen LogP contribution in [0.2, 0.25) is 0 Å². The summed E-state index contributed by atoms with van der Waals surface area (Å²) in [5.41, 5.74) is 1.19. The SMILES string of the molecule is Cc1nc(CN(C)CCNC2CCOCC2)cs1. The highest BCUT2D eigenvalue weighted by Crippen LogP contribution is 2.09. The predicted octanol–water partition coefficient (Wildman–Crippen LogP) is 1.65. The van der Waals surface area contributed by atoms with E-state index in [2.05, 4.69) is 34.6 Å². The highest BCUT2D eigenvalue weighted by atomic mass is 32.1. The lowest BCUT2D eigenvalue weighted by Crippen LogP contribution is -2.39. The number of aromatic nitrogens is 1. The minimum Gasteiger partial charge on any atom is -0.381 e. The van der Waals surface area contributed by atoms with E-state index in [0.29, 0.717) is 6.04 Å². The molecular formula is C13H23N3OS. The Kier molecular flexibility index (Phi) is 5.56. The van der Waals surface area contributed by atoms with Crippen LogP contribution in [0.25, 0.3) is 0 Å². The first-order valence-corrected chi connectivity index (χ1v) is 7.52. The lowest BCUT2D eigenvalue weighted by Gasteiger charge is -2.24. The summed E-state index contributed by atoms with van der Waals surface area (Å²) in [7, 11) is 2.15. The van der Waals surface area contributed by atoms with Gasteiger partial charge in [-0.15, -0.1) is 11.3 Å². The summed E-state index contributed by atoms with van der Waals surface area (Å²) in [5, 5.41) is 6.91. The van der Waals surface area contributed by atoms with Crippen LogP contribution >= 0.6 is 11.3 Å². The minimum atomic E-state index is 0.647. The molecule has 1 aromatic rings. The number of thiazole rings is 1. The number of likely N-dealkylation sites (N-methyl/N-ethyl adjacent to an activating group) is 1. The van der Waals surface area contributed by atoms with E-state index in [0.717, 1.165) is 50.7 Å². The first-order valence-electron chi connectivity index (χ1n) is 6.65. The van der Waals surface area contributed by atoms with Crippen LogP contribution in [0.1, 0.15) is 23.5 Å². The van der Waals surface area contributed by atoms with Crippen molar-refractivity contribution in [3.63, 3.8) is 0 Å². The second-order valence-corrected chi connectivity index (χ2v) is 6.00. The van der Waals surface area contributed by atoms with E-state index in [1.54, 1.807) is 11.3 Å². The van der Waals surface area contributed by atoms with Crippen LogP contribution in [-0.2, 0) is 11.3 Å². The Bertz CT molecular complexity index is 350. The van der Waals surface area contributed by atoms with Gasteiger partial charge in [0.2, 0.25) is 0 Å². The zero-order valence-electron chi connectivity index (χ0n) is 11.3. The molecule has 0 spiro atoms. The van der Waals surface area contributed by atoms with Gasteiger partial charge in [0.1, 0.15) is 0 Å². The Hall–Kier alpha value is -0.490. The van der Waals surface area contributed by atoms with Gasteiger partial charge < -0.3 is 10.1 Å². The van der Waals surface area contributed by atoms with Gasteiger partial charge in [0.05, 0.1) is 10.7 Å². The number of hydrogen-bond acceptors (Lipinski definition) is 5. The van der Waals surface area contributed by atoms with Crippen LogP contribution in [0.3, 0.4) is 0 Å². The van der Waals surface area contributed by atoms with E-state index in [1.807, 2.05) is 0 Å². The van der Waals surface area contributed by atoms with Crippen molar-refractivity contribution < 1.29 is 4.74 Å². The zero-order chi connectivity index (χ0) is 12.8. The van der Waals surface area contributed by atoms with Gasteiger partial charge >= 0.3 is 0 Å². The molecule has 1 aromatic heterocycles. The summed E-state index contributed by atoms with van der Waals surface area (Å²) in [5.74, 6) is 0. The Balaban J connectivity index is 1.60. The average molecular weight is 269 g/mol. The number of nitrogens with zero attached hydrogens (tertiary/aromatic N) is 2. The fourth-order valence-electron chi connectivity index (χ4n) is 2.20. The van der Waals surface area contributed by atoms with Crippen LogP contribution in [0, 0.1) is 6.92 Å². The summed E-state index contributed by atoms with van der Waals surface area (Å²) in [6.45, 7) is 6.93. The summed E-state index contributed by atoms with van der Waals surface area (Å²) >= 11 is 1.73. The zero-order valence-corrected chi connectivity index (χ0v) is 12.1. The van der Waals surface area contributed by atoms with Crippen molar-refractivity contribution >= 4 is 11.3 Å². The monoisotopic (exact) mass is 269 g/mol. The van der Waals surface area contributed by atoms with Crippen molar-refractivity contribution in [3.05, 3.63) is 16.1 Å². The van der Waals surface area contributed by atoms with Crippen molar-refractivity contribution in [1.82, 2.24) is 15.2 Å². The number of ether oxygens (including phenoxy) is 1. The van der Waals surface area contributed by atoms with Crippen molar-refractivity contribution in [1.29, 1.82) is 0 Å². The maximum atomic E-state index is 5.35. The Labute approximate surface area is 113 Å². The van der Waals surface area contributed by atoms with E-state index in [-0.39, 0.29) is 0 Å². The van der Waals surface area contributed by atoms with Crippen LogP contribution in [0.5, 0.6) is 0 Å². The molecule has 1 aliphatic heterocycles. The summed E-state index contributed by atoms with van der Waals surface area (Å²) < 4.78 is 5.35. The standard InChI is InChI=1S/C13H23N3OS/c1-11-15-13(10-18-11)9-16(2)6-5-14-12-3-7-17-8-4-12/h10,12,14H,3-9H2,1-2H3. The fraction of sp³-hybridized carbons (Fsp3) is 0.769. The van der Waals surface area contributed by atoms with Gasteiger partial charge in [-0.3, -0.25) is 4.90 Å². The molecule has 0 saturated carbocycles. The van der Waals surface area contributed by atoms with Crippen molar-refractivity contribution in [2.75, 3.05) is 33.4 Å². The van der Waals surface area contributed by atoms with E-state index < -0.39 is 0 Å². The summed E-state index contributed by atoms with van der Waals surface area (Å²) in [4.78, 5) is 6.81. The number of aryl methyl sites for hydroxylation is 1. The third-order valence-electron chi connectivity index (χ3n) is 3.25. The van der Waals surface area contributed by atoms with E-state index in [9.17, 15) is 0 Å². The fourth-order valence-corrected chi connectivity index (χ4v) is 2.80. The van der Waals surface area contributed by atoms with Crippen LogP contribution < -0.4 is 5.32 Å². The largest absolute Gasteiger partial charge is 0.381 e. The van der Waals surface area contributed by atoms with E-state index >= 15 is 0 Å². The maximum Gasteiger partial charge on any atom is 0.0897 e. The second kappa shape index (κ2) is 7.19. The third-order valence-corrected chi connectivity index (χ3v) is 4.07. The first kappa shape index (κ1) is 13.9. The van der Waals surface area contributed by atoms with Crippen LogP contribution in [0.15, 0.2) is 5.38 Å². The molecule has 1 aliphatic rings. The molecule has 0 amide bonds. The molecule has 0 unspecified atom stereocenters. The predicted molar refractivity (Wildman–Crippen MR) is 75.0 cm³/mol. The molecule has 4 nitrogen and oxygen atoms in total. The molecule has 2 heterocycles. The molecule has 0 aromatic carbocycles. The molecular weight excluding hydrogens is 246 g/mol. The van der Waals surface area contributed by atoms with Crippen LogP contribution in [-0.4, -0.2) is 49.3 Å². The van der Waals surface area contributed by atoms with Gasteiger partial charge in [-0.25, -0.2) is 4.98 Å². The number of nitrogens with one attached hydrogen (secondary N) is 1. The lowest BCUT2D eigenvalue weighted by atomic mass is 10.1. The molecule has 0 atom stereocenters. The second-order valence-electron chi connectivity index (χ2n) is 4.94. The molecule has 18 heavy (non-hydrogen) atoms. The number of hydrogen-bond donors (Lipinski definition) is 1. The number of rotatable bonds is 6. The van der Waals surface area contributed by atoms with Crippen molar-refractivity contribution in [3.8, 4) is 0 Å². The van der Waals surface area contributed by atoms with Gasteiger partial charge in [0.25, 0.3) is 0 Å². The van der Waals surface area contributed by atoms with Gasteiger partial charge in [0, 0.05) is 44.3 Å². The molecule has 0 aliphatic carbocycles. The molecule has 5 heteroatoms. The molecule has 1 fully saturated rings. The minimum absolute atomic E-state index is 0.647. The molecule has 102 valence electrons. The smallest absolute Gasteiger partial charge is 0.0897 e. The molecule has 0 bridgehead atoms. The van der Waals surface area contributed by atoms with E-state index in [4.69, 9.17) is 4.74 Å². The third kappa shape index (κ3) is 4.65. The Morgan fingerprint density at radius 3 is 2.94 bits per heavy atom. The highest BCUT2D eigenvalue weighted by molar-refractivity contribution is 7.09.